The van der Waals surface area contributed by atoms with Crippen LogP contribution in [0.4, 0.5) is 0 Å². The van der Waals surface area contributed by atoms with E-state index in [4.69, 9.17) is 9.84 Å². The number of carbonyl (C=O) groups excluding carboxylic acids is 1. The van der Waals surface area contributed by atoms with Crippen LogP contribution < -0.4 is 4.74 Å². The van der Waals surface area contributed by atoms with Gasteiger partial charge in [0.25, 0.3) is 5.91 Å². The zero-order valence-corrected chi connectivity index (χ0v) is 20.6. The van der Waals surface area contributed by atoms with Gasteiger partial charge in [-0.05, 0) is 56.4 Å². The molecule has 8 nitrogen and oxygen atoms in total. The second-order valence-corrected chi connectivity index (χ2v) is 11.5. The smallest absolute Gasteiger partial charge is 0.273 e. The molecule has 2 fully saturated rings. The summed E-state index contributed by atoms with van der Waals surface area (Å²) in [4.78, 5) is 16.1. The summed E-state index contributed by atoms with van der Waals surface area (Å²) < 4.78 is 35.3. The molecule has 3 aliphatic rings. The Morgan fingerprint density at radius 3 is 2.57 bits per heavy atom. The van der Waals surface area contributed by atoms with Crippen LogP contribution in [0.3, 0.4) is 0 Å². The summed E-state index contributed by atoms with van der Waals surface area (Å²) in [6, 6.07) is 16.0. The zero-order chi connectivity index (χ0) is 24.3. The maximum atomic E-state index is 13.9. The van der Waals surface area contributed by atoms with Gasteiger partial charge in [-0.1, -0.05) is 28.5 Å². The van der Waals surface area contributed by atoms with Crippen LogP contribution in [0.15, 0.2) is 59.5 Å². The van der Waals surface area contributed by atoms with Crippen LogP contribution in [0, 0.1) is 12.8 Å². The van der Waals surface area contributed by atoms with Crippen LogP contribution in [0.2, 0.25) is 0 Å². The normalized spacial score (nSPS) is 24.0. The molecule has 2 aliphatic heterocycles. The summed E-state index contributed by atoms with van der Waals surface area (Å²) in [6.07, 6.45) is 2.75. The summed E-state index contributed by atoms with van der Waals surface area (Å²) in [5.74, 6) is 0.852. The van der Waals surface area contributed by atoms with E-state index in [2.05, 4.69) is 0 Å². The van der Waals surface area contributed by atoms with E-state index < -0.39 is 10.4 Å². The maximum Gasteiger partial charge on any atom is 0.273 e. The van der Waals surface area contributed by atoms with Crippen LogP contribution >= 0.6 is 0 Å². The summed E-state index contributed by atoms with van der Waals surface area (Å²) in [6.45, 7) is 2.64. The van der Waals surface area contributed by atoms with Gasteiger partial charge in [0.05, 0.1) is 37.1 Å². The number of aryl methyl sites for hydroxylation is 1. The summed E-state index contributed by atoms with van der Waals surface area (Å²) >= 11 is 0. The standard InChI is InChI=1S/C26H28N4O4S/c1-17-23-24(18-11-12-18)29(26(31)25(23)30(27-17)19-7-4-3-5-8-19)20-13-14-28(16-20)35(32,33)22-10-6-9-21(15-22)34-2/h3-10,15,18,20,24H,11-14,16H2,1-2H3. The number of carbonyl (C=O) groups is 1. The Bertz CT molecular complexity index is 1340. The summed E-state index contributed by atoms with van der Waals surface area (Å²) in [5.41, 5.74) is 3.36. The molecule has 6 rings (SSSR count). The van der Waals surface area contributed by atoms with Gasteiger partial charge in [-0.2, -0.15) is 5.10 Å². The van der Waals surface area contributed by atoms with Gasteiger partial charge in [-0.15, -0.1) is 4.31 Å². The van der Waals surface area contributed by atoms with Crippen molar-refractivity contribution >= 4 is 16.3 Å². The molecule has 1 aliphatic carbocycles. The number of methoxy groups -OCH3 is 1. The minimum absolute atomic E-state index is 0.0422. The average molecular weight is 493 g/mol. The highest BCUT2D eigenvalue weighted by molar-refractivity contribution is 7.95. The quantitative estimate of drug-likeness (QED) is 0.489. The van der Waals surface area contributed by atoms with E-state index in [0.717, 1.165) is 29.8 Å². The first-order valence-corrected chi connectivity index (χ1v) is 13.5. The molecule has 0 N–H and O–H groups in total. The number of nitrogens with zero attached hydrogens (tertiary/aromatic N) is 4. The van der Waals surface area contributed by atoms with Gasteiger partial charge in [0.2, 0.25) is 0 Å². The van der Waals surface area contributed by atoms with Gasteiger partial charge in [-0.3, -0.25) is 4.79 Å². The molecule has 2 aromatic carbocycles. The minimum Gasteiger partial charge on any atom is -0.593 e. The molecule has 3 aromatic rings. The van der Waals surface area contributed by atoms with Crippen molar-refractivity contribution in [3.8, 4) is 11.4 Å². The Labute approximate surface area is 205 Å². The zero-order valence-electron chi connectivity index (χ0n) is 19.8. The topological polar surface area (TPSA) is 90.7 Å². The molecule has 1 amide bonds. The second kappa shape index (κ2) is 8.29. The number of sulfonamides is 1. The third kappa shape index (κ3) is 3.61. The van der Waals surface area contributed by atoms with Crippen molar-refractivity contribution < 1.29 is 18.3 Å². The number of amides is 1. The number of rotatable bonds is 6. The molecule has 182 valence electrons. The highest BCUT2D eigenvalue weighted by Gasteiger charge is 2.53. The predicted molar refractivity (Wildman–Crippen MR) is 130 cm³/mol. The number of fused-ring (bicyclic) bond motifs is 1. The van der Waals surface area contributed by atoms with E-state index in [-0.39, 0.29) is 29.4 Å². The fraction of sp³-hybridized carbons (Fsp3) is 0.385. The lowest BCUT2D eigenvalue weighted by molar-refractivity contribution is 0.0604. The first kappa shape index (κ1) is 22.5. The Morgan fingerprint density at radius 2 is 1.86 bits per heavy atom. The summed E-state index contributed by atoms with van der Waals surface area (Å²) in [7, 11) is -2.17. The van der Waals surface area contributed by atoms with E-state index in [1.807, 2.05) is 42.2 Å². The largest absolute Gasteiger partial charge is 0.593 e. The second-order valence-electron chi connectivity index (χ2n) is 9.57. The Hall–Kier alpha value is -3.01. The number of aromatic nitrogens is 2. The molecule has 9 heteroatoms. The molecule has 1 saturated heterocycles. The minimum atomic E-state index is -3.69. The molecule has 1 saturated carbocycles. The average Bonchev–Trinajstić information content (AvgIpc) is 3.36. The number of ether oxygens (including phenoxy) is 1. The van der Waals surface area contributed by atoms with E-state index >= 15 is 0 Å². The molecule has 3 unspecified atom stereocenters. The van der Waals surface area contributed by atoms with Crippen molar-refractivity contribution in [2.75, 3.05) is 20.2 Å². The molecule has 1 aromatic heterocycles. The van der Waals surface area contributed by atoms with Crippen molar-refractivity contribution in [3.63, 3.8) is 0 Å². The third-order valence-electron chi connectivity index (χ3n) is 7.41. The van der Waals surface area contributed by atoms with Crippen molar-refractivity contribution in [2.45, 2.75) is 43.2 Å². The lowest BCUT2D eigenvalue weighted by Crippen LogP contribution is -2.43. The number of benzene rings is 2. The maximum absolute atomic E-state index is 13.9. The molecule has 0 radical (unpaired) electrons. The first-order valence-electron chi connectivity index (χ1n) is 12.0. The van der Waals surface area contributed by atoms with Crippen LogP contribution in [0.1, 0.15) is 47.1 Å². The van der Waals surface area contributed by atoms with Gasteiger partial charge < -0.3 is 14.2 Å². The van der Waals surface area contributed by atoms with Crippen molar-refractivity contribution in [1.82, 2.24) is 19.0 Å². The number of hydrogen-bond donors (Lipinski definition) is 0. The molecule has 3 heterocycles. The monoisotopic (exact) mass is 492 g/mol. The van der Waals surface area contributed by atoms with Gasteiger partial charge in [0, 0.05) is 18.2 Å². The lowest BCUT2D eigenvalue weighted by atomic mass is 10.0. The van der Waals surface area contributed by atoms with E-state index in [0.29, 0.717) is 30.3 Å². The fourth-order valence-corrected chi connectivity index (χ4v) is 7.11. The van der Waals surface area contributed by atoms with Gasteiger partial charge >= 0.3 is 0 Å². The van der Waals surface area contributed by atoms with Gasteiger partial charge in [0.1, 0.15) is 11.4 Å². The Kier molecular flexibility index (Phi) is 5.32. The highest BCUT2D eigenvalue weighted by Crippen LogP contribution is 2.52. The SMILES string of the molecule is COc1cccc([S+](=O)([O-])N2CCC(N3C(=O)c4c(c(C)nn4-c4ccccc4)C3C3CC3)C2)c1. The van der Waals surface area contributed by atoms with Crippen molar-refractivity contribution in [2.24, 2.45) is 5.92 Å². The van der Waals surface area contributed by atoms with E-state index in [1.54, 1.807) is 28.9 Å². The van der Waals surface area contributed by atoms with Gasteiger partial charge in [-0.25, -0.2) is 4.68 Å². The Morgan fingerprint density at radius 1 is 1.09 bits per heavy atom. The number of hydrogen-bond acceptors (Lipinski definition) is 5. The van der Waals surface area contributed by atoms with E-state index in [9.17, 15) is 13.6 Å². The first-order chi connectivity index (χ1) is 16.9. The van der Waals surface area contributed by atoms with Crippen LogP contribution in [-0.2, 0) is 14.6 Å². The third-order valence-corrected chi connectivity index (χ3v) is 9.27. The van der Waals surface area contributed by atoms with E-state index in [1.165, 1.54) is 11.4 Å². The van der Waals surface area contributed by atoms with Crippen LogP contribution in [0.5, 0.6) is 5.75 Å². The molecular weight excluding hydrogens is 464 g/mol. The molecule has 0 bridgehead atoms. The highest BCUT2D eigenvalue weighted by atomic mass is 32.3. The number of para-hydroxylation sites is 1. The van der Waals surface area contributed by atoms with Crippen molar-refractivity contribution in [3.05, 3.63) is 71.5 Å². The summed E-state index contributed by atoms with van der Waals surface area (Å²) in [5, 5.41) is 4.74. The molecule has 3 atom stereocenters. The molecule has 0 spiro atoms. The van der Waals surface area contributed by atoms with Crippen LogP contribution in [0.25, 0.3) is 5.69 Å². The lowest BCUT2D eigenvalue weighted by Gasteiger charge is -2.32. The molecular formula is C26H28N4O4S. The van der Waals surface area contributed by atoms with Gasteiger partial charge in [0.15, 0.2) is 15.3 Å². The molecule has 35 heavy (non-hydrogen) atoms. The fourth-order valence-electron chi connectivity index (χ4n) is 5.58. The van der Waals surface area contributed by atoms with Crippen molar-refractivity contribution in [1.29, 1.82) is 0 Å². The van der Waals surface area contributed by atoms with Crippen LogP contribution in [-0.4, -0.2) is 55.7 Å². The predicted octanol–water partition coefficient (Wildman–Crippen LogP) is 3.77. The Balaban J connectivity index is 1.32.